The molecule has 0 spiro atoms. The Bertz CT molecular complexity index is 944. The number of nitrogens with zero attached hydrogens (tertiary/aromatic N) is 3. The SMILES string of the molecule is CCCCNC(=O)C1CCCN(C(=O)c2cc(S(=O)(=O)N(C)C)ccc2N2CCOCC2)C1. The van der Waals surface area contributed by atoms with Gasteiger partial charge in [-0.2, -0.15) is 0 Å². The summed E-state index contributed by atoms with van der Waals surface area (Å²) in [5.41, 5.74) is 1.06. The third-order valence-corrected chi connectivity index (χ3v) is 8.05. The van der Waals surface area contributed by atoms with Crippen molar-refractivity contribution in [2.24, 2.45) is 5.92 Å². The van der Waals surface area contributed by atoms with E-state index < -0.39 is 10.0 Å². The second-order valence-electron chi connectivity index (χ2n) is 8.80. The molecule has 1 unspecified atom stereocenters. The number of likely N-dealkylation sites (tertiary alicyclic amines) is 1. The molecule has 1 atom stereocenters. The van der Waals surface area contributed by atoms with Crippen LogP contribution < -0.4 is 10.2 Å². The van der Waals surface area contributed by atoms with Crippen molar-refractivity contribution in [1.82, 2.24) is 14.5 Å². The van der Waals surface area contributed by atoms with Gasteiger partial charge < -0.3 is 19.9 Å². The van der Waals surface area contributed by atoms with Crippen LogP contribution in [0.4, 0.5) is 5.69 Å². The van der Waals surface area contributed by atoms with Gasteiger partial charge in [-0.1, -0.05) is 13.3 Å². The molecule has 0 aliphatic carbocycles. The van der Waals surface area contributed by atoms with Crippen molar-refractivity contribution >= 4 is 27.5 Å². The summed E-state index contributed by atoms with van der Waals surface area (Å²) >= 11 is 0. The molecule has 2 heterocycles. The van der Waals surface area contributed by atoms with Crippen LogP contribution in [0.2, 0.25) is 0 Å². The lowest BCUT2D eigenvalue weighted by Gasteiger charge is -2.35. The van der Waals surface area contributed by atoms with Crippen molar-refractivity contribution in [2.75, 3.05) is 64.9 Å². The lowest BCUT2D eigenvalue weighted by molar-refractivity contribution is -0.126. The molecule has 2 aliphatic rings. The summed E-state index contributed by atoms with van der Waals surface area (Å²) in [6.45, 7) is 5.96. The molecule has 2 aliphatic heterocycles. The molecule has 33 heavy (non-hydrogen) atoms. The zero-order valence-electron chi connectivity index (χ0n) is 19.9. The second kappa shape index (κ2) is 11.3. The molecular weight excluding hydrogens is 444 g/mol. The molecule has 1 aromatic carbocycles. The Hall–Kier alpha value is -2.17. The first-order chi connectivity index (χ1) is 15.8. The van der Waals surface area contributed by atoms with Crippen molar-refractivity contribution in [3.05, 3.63) is 23.8 Å². The molecule has 1 aromatic rings. The van der Waals surface area contributed by atoms with Crippen LogP contribution in [0.25, 0.3) is 0 Å². The maximum atomic E-state index is 13.7. The van der Waals surface area contributed by atoms with E-state index in [0.29, 0.717) is 57.2 Å². The molecule has 1 N–H and O–H groups in total. The monoisotopic (exact) mass is 480 g/mol. The van der Waals surface area contributed by atoms with E-state index in [0.717, 1.165) is 30.0 Å². The Labute approximate surface area is 197 Å². The first-order valence-electron chi connectivity index (χ1n) is 11.7. The number of ether oxygens (including phenoxy) is 1. The number of amides is 2. The second-order valence-corrected chi connectivity index (χ2v) is 11.0. The number of benzene rings is 1. The van der Waals surface area contributed by atoms with Gasteiger partial charge in [0.2, 0.25) is 15.9 Å². The lowest BCUT2D eigenvalue weighted by Crippen LogP contribution is -2.46. The fourth-order valence-corrected chi connectivity index (χ4v) is 5.14. The molecule has 3 rings (SSSR count). The van der Waals surface area contributed by atoms with Crippen LogP contribution in [0.15, 0.2) is 23.1 Å². The molecule has 0 radical (unpaired) electrons. The topological polar surface area (TPSA) is 99.3 Å². The first kappa shape index (κ1) is 25.5. The summed E-state index contributed by atoms with van der Waals surface area (Å²) in [5.74, 6) is -0.503. The van der Waals surface area contributed by atoms with Crippen molar-refractivity contribution < 1.29 is 22.7 Å². The lowest BCUT2D eigenvalue weighted by atomic mass is 9.96. The van der Waals surface area contributed by atoms with Crippen LogP contribution in [0.5, 0.6) is 0 Å². The Balaban J connectivity index is 1.88. The van der Waals surface area contributed by atoms with Crippen LogP contribution in [-0.4, -0.2) is 89.5 Å². The number of hydrogen-bond acceptors (Lipinski definition) is 6. The third-order valence-electron chi connectivity index (χ3n) is 6.24. The predicted molar refractivity (Wildman–Crippen MR) is 127 cm³/mol. The van der Waals surface area contributed by atoms with E-state index in [4.69, 9.17) is 4.74 Å². The van der Waals surface area contributed by atoms with Crippen LogP contribution in [-0.2, 0) is 19.6 Å². The third kappa shape index (κ3) is 6.04. The summed E-state index contributed by atoms with van der Waals surface area (Å²) in [4.78, 5) is 30.1. The number of piperidine rings is 1. The Kier molecular flexibility index (Phi) is 8.72. The summed E-state index contributed by atoms with van der Waals surface area (Å²) < 4.78 is 32.1. The molecule has 0 saturated carbocycles. The molecule has 2 saturated heterocycles. The highest BCUT2D eigenvalue weighted by Gasteiger charge is 2.31. The number of hydrogen-bond donors (Lipinski definition) is 1. The Morgan fingerprint density at radius 3 is 2.58 bits per heavy atom. The minimum atomic E-state index is -3.69. The van der Waals surface area contributed by atoms with Crippen LogP contribution in [0.3, 0.4) is 0 Å². The van der Waals surface area contributed by atoms with E-state index in [2.05, 4.69) is 17.1 Å². The fourth-order valence-electron chi connectivity index (χ4n) is 4.22. The average molecular weight is 481 g/mol. The van der Waals surface area contributed by atoms with Gasteiger partial charge >= 0.3 is 0 Å². The number of rotatable bonds is 8. The number of nitrogens with one attached hydrogen (secondary N) is 1. The van der Waals surface area contributed by atoms with Gasteiger partial charge in [0, 0.05) is 52.5 Å². The fraction of sp³-hybridized carbons (Fsp3) is 0.652. The van der Waals surface area contributed by atoms with Crippen LogP contribution in [0.1, 0.15) is 43.0 Å². The number of morpholine rings is 1. The average Bonchev–Trinajstić information content (AvgIpc) is 2.83. The molecule has 10 heteroatoms. The molecule has 0 aromatic heterocycles. The van der Waals surface area contributed by atoms with Gasteiger partial charge in [0.1, 0.15) is 0 Å². The van der Waals surface area contributed by atoms with E-state index >= 15 is 0 Å². The summed E-state index contributed by atoms with van der Waals surface area (Å²) in [6, 6.07) is 4.75. The van der Waals surface area contributed by atoms with Crippen LogP contribution >= 0.6 is 0 Å². The Morgan fingerprint density at radius 2 is 1.91 bits per heavy atom. The van der Waals surface area contributed by atoms with Gasteiger partial charge in [0.25, 0.3) is 5.91 Å². The van der Waals surface area contributed by atoms with Crippen molar-refractivity contribution in [1.29, 1.82) is 0 Å². The van der Waals surface area contributed by atoms with E-state index in [1.54, 1.807) is 17.0 Å². The number of sulfonamides is 1. The molecule has 184 valence electrons. The zero-order chi connectivity index (χ0) is 24.0. The van der Waals surface area contributed by atoms with Gasteiger partial charge in [-0.05, 0) is 37.5 Å². The highest BCUT2D eigenvalue weighted by atomic mass is 32.2. The maximum absolute atomic E-state index is 13.7. The standard InChI is InChI=1S/C23H36N4O5S/c1-4-5-10-24-22(28)18-7-6-11-27(17-18)23(29)20-16-19(33(30,31)25(2)3)8-9-21(20)26-12-14-32-15-13-26/h8-9,16,18H,4-7,10-15,17H2,1-3H3,(H,24,28). The molecule has 2 fully saturated rings. The predicted octanol–water partition coefficient (Wildman–Crippen LogP) is 1.54. The van der Waals surface area contributed by atoms with Gasteiger partial charge in [-0.3, -0.25) is 9.59 Å². The van der Waals surface area contributed by atoms with Gasteiger partial charge in [-0.25, -0.2) is 12.7 Å². The molecule has 2 amide bonds. The van der Waals surface area contributed by atoms with Crippen molar-refractivity contribution in [2.45, 2.75) is 37.5 Å². The highest BCUT2D eigenvalue weighted by molar-refractivity contribution is 7.89. The summed E-state index contributed by atoms with van der Waals surface area (Å²) in [7, 11) is -0.750. The van der Waals surface area contributed by atoms with Gasteiger partial charge in [0.15, 0.2) is 0 Å². The van der Waals surface area contributed by atoms with E-state index in [1.165, 1.54) is 20.2 Å². The van der Waals surface area contributed by atoms with Crippen molar-refractivity contribution in [3.8, 4) is 0 Å². The normalized spacial score (nSPS) is 19.6. The number of carbonyl (C=O) groups excluding carboxylic acids is 2. The largest absolute Gasteiger partial charge is 0.378 e. The number of unbranched alkanes of at least 4 members (excludes halogenated alkanes) is 1. The number of anilines is 1. The van der Waals surface area contributed by atoms with Gasteiger partial charge in [0.05, 0.1) is 29.6 Å². The zero-order valence-corrected chi connectivity index (χ0v) is 20.7. The minimum absolute atomic E-state index is 0.0155. The van der Waals surface area contributed by atoms with Gasteiger partial charge in [-0.15, -0.1) is 0 Å². The van der Waals surface area contributed by atoms with Crippen molar-refractivity contribution in [3.63, 3.8) is 0 Å². The van der Waals surface area contributed by atoms with Crippen LogP contribution in [0, 0.1) is 5.92 Å². The first-order valence-corrected chi connectivity index (χ1v) is 13.2. The molecule has 0 bridgehead atoms. The minimum Gasteiger partial charge on any atom is -0.378 e. The number of carbonyl (C=O) groups is 2. The summed E-state index contributed by atoms with van der Waals surface area (Å²) in [6.07, 6.45) is 3.41. The van der Waals surface area contributed by atoms with E-state index in [1.807, 2.05) is 0 Å². The summed E-state index contributed by atoms with van der Waals surface area (Å²) in [5, 5.41) is 2.97. The van der Waals surface area contributed by atoms with E-state index in [-0.39, 0.29) is 22.6 Å². The highest BCUT2D eigenvalue weighted by Crippen LogP contribution is 2.29. The van der Waals surface area contributed by atoms with E-state index in [9.17, 15) is 18.0 Å². The quantitative estimate of drug-likeness (QED) is 0.567. The smallest absolute Gasteiger partial charge is 0.256 e. The maximum Gasteiger partial charge on any atom is 0.256 e. The molecular formula is C23H36N4O5S. The molecule has 9 nitrogen and oxygen atoms in total. The Morgan fingerprint density at radius 1 is 1.18 bits per heavy atom.